The summed E-state index contributed by atoms with van der Waals surface area (Å²) < 4.78 is 13.1. The number of nitrogens with zero attached hydrogens (tertiary/aromatic N) is 2. The third-order valence-electron chi connectivity index (χ3n) is 3.36. The van der Waals surface area contributed by atoms with Crippen molar-refractivity contribution in [2.45, 2.75) is 51.8 Å². The van der Waals surface area contributed by atoms with Crippen LogP contribution in [0.25, 0.3) is 0 Å². The normalized spacial score (nSPS) is 14.7. The fraction of sp³-hybridized carbons (Fsp3) is 0.786. The molecular weight excluding hydrogens is 242 g/mol. The molecule has 1 heterocycles. The molecule has 2 unspecified atom stereocenters. The lowest BCUT2D eigenvalue weighted by atomic mass is 10.0. The molecule has 0 radical (unpaired) electrons. The predicted molar refractivity (Wildman–Crippen MR) is 76.7 cm³/mol. The van der Waals surface area contributed by atoms with Gasteiger partial charge in [0.05, 0.1) is 25.5 Å². The van der Waals surface area contributed by atoms with Gasteiger partial charge in [0.2, 0.25) is 0 Å². The monoisotopic (exact) mass is 269 g/mol. The molecule has 0 saturated carbocycles. The van der Waals surface area contributed by atoms with Gasteiger partial charge in [-0.3, -0.25) is 4.68 Å². The van der Waals surface area contributed by atoms with E-state index in [4.69, 9.17) is 9.47 Å². The third-order valence-corrected chi connectivity index (χ3v) is 3.36. The van der Waals surface area contributed by atoms with Crippen molar-refractivity contribution in [2.75, 3.05) is 21.3 Å². The van der Waals surface area contributed by atoms with Crippen molar-refractivity contribution >= 4 is 0 Å². The molecule has 0 bridgehead atoms. The fourth-order valence-corrected chi connectivity index (χ4v) is 2.42. The largest absolute Gasteiger partial charge is 0.493 e. The van der Waals surface area contributed by atoms with Crippen molar-refractivity contribution in [3.8, 4) is 5.75 Å². The Balaban J connectivity index is 3.18. The van der Waals surface area contributed by atoms with Gasteiger partial charge in [-0.05, 0) is 27.3 Å². The summed E-state index contributed by atoms with van der Waals surface area (Å²) in [4.78, 5) is 0. The first-order valence-electron chi connectivity index (χ1n) is 6.92. The van der Waals surface area contributed by atoms with E-state index in [1.54, 1.807) is 20.4 Å². The minimum absolute atomic E-state index is 0.0739. The Morgan fingerprint density at radius 2 is 2.05 bits per heavy atom. The minimum atomic E-state index is 0.0739. The maximum atomic E-state index is 5.64. The van der Waals surface area contributed by atoms with Crippen LogP contribution >= 0.6 is 0 Å². The average molecular weight is 269 g/mol. The average Bonchev–Trinajstić information content (AvgIpc) is 2.82. The van der Waals surface area contributed by atoms with Crippen LogP contribution in [-0.4, -0.2) is 37.2 Å². The molecular formula is C14H27N3O2. The Morgan fingerprint density at radius 1 is 1.37 bits per heavy atom. The first kappa shape index (κ1) is 16.0. The predicted octanol–water partition coefficient (Wildman–Crippen LogP) is 2.55. The molecule has 1 aromatic heterocycles. The van der Waals surface area contributed by atoms with Crippen molar-refractivity contribution in [1.29, 1.82) is 0 Å². The van der Waals surface area contributed by atoms with Crippen molar-refractivity contribution in [3.05, 3.63) is 11.9 Å². The molecule has 5 nitrogen and oxygen atoms in total. The fourth-order valence-electron chi connectivity index (χ4n) is 2.42. The summed E-state index contributed by atoms with van der Waals surface area (Å²) in [5, 5.41) is 7.77. The number of rotatable bonds is 8. The van der Waals surface area contributed by atoms with E-state index in [9.17, 15) is 0 Å². The Kier molecular flexibility index (Phi) is 6.31. The van der Waals surface area contributed by atoms with Gasteiger partial charge in [-0.1, -0.05) is 13.3 Å². The summed E-state index contributed by atoms with van der Waals surface area (Å²) in [6, 6.07) is 0.360. The maximum absolute atomic E-state index is 5.64. The van der Waals surface area contributed by atoms with Gasteiger partial charge in [-0.15, -0.1) is 0 Å². The van der Waals surface area contributed by atoms with Crippen molar-refractivity contribution < 1.29 is 9.47 Å². The van der Waals surface area contributed by atoms with Gasteiger partial charge in [0.1, 0.15) is 5.69 Å². The van der Waals surface area contributed by atoms with E-state index in [-0.39, 0.29) is 18.2 Å². The Morgan fingerprint density at radius 3 is 2.47 bits per heavy atom. The van der Waals surface area contributed by atoms with E-state index in [1.807, 2.05) is 11.7 Å². The number of hydrogen-bond donors (Lipinski definition) is 1. The summed E-state index contributed by atoms with van der Waals surface area (Å²) >= 11 is 0. The minimum Gasteiger partial charge on any atom is -0.493 e. The quantitative estimate of drug-likeness (QED) is 0.788. The van der Waals surface area contributed by atoms with Gasteiger partial charge >= 0.3 is 0 Å². The first-order valence-corrected chi connectivity index (χ1v) is 6.92. The standard InChI is InChI=1S/C14H27N3O2/c1-7-8-11(18-5)13(15-4)14-12(19-6)9-16-17(14)10(2)3/h9-11,13,15H,7-8H2,1-6H3. The van der Waals surface area contributed by atoms with Crippen LogP contribution in [-0.2, 0) is 4.74 Å². The van der Waals surface area contributed by atoms with Crippen molar-refractivity contribution in [1.82, 2.24) is 15.1 Å². The smallest absolute Gasteiger partial charge is 0.161 e. The van der Waals surface area contributed by atoms with Gasteiger partial charge in [-0.2, -0.15) is 5.10 Å². The number of hydrogen-bond acceptors (Lipinski definition) is 4. The Labute approximate surface area is 116 Å². The summed E-state index contributed by atoms with van der Waals surface area (Å²) in [5.41, 5.74) is 1.06. The van der Waals surface area contributed by atoms with E-state index in [2.05, 4.69) is 31.2 Å². The van der Waals surface area contributed by atoms with E-state index in [1.165, 1.54) is 0 Å². The van der Waals surface area contributed by atoms with Crippen LogP contribution < -0.4 is 10.1 Å². The van der Waals surface area contributed by atoms with E-state index < -0.39 is 0 Å². The highest BCUT2D eigenvalue weighted by Crippen LogP contribution is 2.31. The summed E-state index contributed by atoms with van der Waals surface area (Å²) in [7, 11) is 5.39. The maximum Gasteiger partial charge on any atom is 0.161 e. The lowest BCUT2D eigenvalue weighted by Gasteiger charge is -2.27. The van der Waals surface area contributed by atoms with Crippen LogP contribution in [0, 0.1) is 0 Å². The molecule has 1 aromatic rings. The SMILES string of the molecule is CCCC(OC)C(NC)c1c(OC)cnn1C(C)C. The lowest BCUT2D eigenvalue weighted by molar-refractivity contribution is 0.0590. The van der Waals surface area contributed by atoms with Crippen LogP contribution in [0.4, 0.5) is 0 Å². The molecule has 2 atom stereocenters. The first-order chi connectivity index (χ1) is 9.10. The molecule has 19 heavy (non-hydrogen) atoms. The molecule has 0 fully saturated rings. The third kappa shape index (κ3) is 3.48. The molecule has 0 aliphatic heterocycles. The molecule has 5 heteroatoms. The zero-order chi connectivity index (χ0) is 14.4. The number of likely N-dealkylation sites (N-methyl/N-ethyl adjacent to an activating group) is 1. The molecule has 0 aliphatic rings. The highest BCUT2D eigenvalue weighted by Gasteiger charge is 2.28. The van der Waals surface area contributed by atoms with Gasteiger partial charge in [-0.25, -0.2) is 0 Å². The lowest BCUT2D eigenvalue weighted by Crippen LogP contribution is -2.33. The second kappa shape index (κ2) is 7.50. The van der Waals surface area contributed by atoms with Crippen molar-refractivity contribution in [3.63, 3.8) is 0 Å². The second-order valence-electron chi connectivity index (χ2n) is 4.97. The molecule has 110 valence electrons. The number of methoxy groups -OCH3 is 2. The van der Waals surface area contributed by atoms with Gasteiger partial charge in [0, 0.05) is 13.2 Å². The van der Waals surface area contributed by atoms with E-state index in [0.717, 1.165) is 24.3 Å². The van der Waals surface area contributed by atoms with E-state index in [0.29, 0.717) is 0 Å². The summed E-state index contributed by atoms with van der Waals surface area (Å²) in [5.74, 6) is 0.811. The van der Waals surface area contributed by atoms with Crippen LogP contribution in [0.15, 0.2) is 6.20 Å². The topological polar surface area (TPSA) is 48.3 Å². The van der Waals surface area contributed by atoms with Crippen LogP contribution in [0.2, 0.25) is 0 Å². The zero-order valence-electron chi connectivity index (χ0n) is 12.9. The Bertz CT molecular complexity index is 377. The van der Waals surface area contributed by atoms with Crippen molar-refractivity contribution in [2.24, 2.45) is 0 Å². The number of ether oxygens (including phenoxy) is 2. The molecule has 0 spiro atoms. The number of aromatic nitrogens is 2. The highest BCUT2D eigenvalue weighted by atomic mass is 16.5. The zero-order valence-corrected chi connectivity index (χ0v) is 12.9. The van der Waals surface area contributed by atoms with Gasteiger partial charge in [0.25, 0.3) is 0 Å². The summed E-state index contributed by atoms with van der Waals surface area (Å²) in [6.07, 6.45) is 3.96. The summed E-state index contributed by atoms with van der Waals surface area (Å²) in [6.45, 7) is 6.39. The van der Waals surface area contributed by atoms with Crippen LogP contribution in [0.1, 0.15) is 51.4 Å². The number of nitrogens with one attached hydrogen (secondary N) is 1. The van der Waals surface area contributed by atoms with Crippen LogP contribution in [0.5, 0.6) is 5.75 Å². The van der Waals surface area contributed by atoms with E-state index >= 15 is 0 Å². The van der Waals surface area contributed by atoms with Gasteiger partial charge < -0.3 is 14.8 Å². The molecule has 1 rings (SSSR count). The Hall–Kier alpha value is -1.07. The van der Waals surface area contributed by atoms with Crippen LogP contribution in [0.3, 0.4) is 0 Å². The van der Waals surface area contributed by atoms with Gasteiger partial charge in [0.15, 0.2) is 5.75 Å². The molecule has 1 N–H and O–H groups in total. The second-order valence-corrected chi connectivity index (χ2v) is 4.97. The molecule has 0 amide bonds. The molecule has 0 saturated heterocycles. The highest BCUT2D eigenvalue weighted by molar-refractivity contribution is 5.29. The molecule has 0 aromatic carbocycles. The molecule has 0 aliphatic carbocycles.